The molecule has 0 atom stereocenters. The van der Waals surface area contributed by atoms with Crippen LogP contribution in [0.5, 0.6) is 0 Å². The fourth-order valence-corrected chi connectivity index (χ4v) is 6.58. The smallest absolute Gasteiger partial charge is 0.315 e. The van der Waals surface area contributed by atoms with Gasteiger partial charge in [-0.05, 0) is 103 Å². The molecule has 2 amide bonds. The van der Waals surface area contributed by atoms with Gasteiger partial charge in [0.05, 0.1) is 5.92 Å². The van der Waals surface area contributed by atoms with Gasteiger partial charge in [-0.1, -0.05) is 0 Å². The summed E-state index contributed by atoms with van der Waals surface area (Å²) in [5, 5.41) is 6.59. The van der Waals surface area contributed by atoms with E-state index in [1.165, 1.54) is 38.5 Å². The highest BCUT2D eigenvalue weighted by atomic mass is 16.6. The van der Waals surface area contributed by atoms with Crippen molar-refractivity contribution in [3.63, 3.8) is 0 Å². The zero-order valence-electron chi connectivity index (χ0n) is 17.2. The van der Waals surface area contributed by atoms with Crippen molar-refractivity contribution in [2.75, 3.05) is 0 Å². The summed E-state index contributed by atoms with van der Waals surface area (Å²) >= 11 is 0. The number of carbonyl (C=O) groups is 2. The quantitative estimate of drug-likeness (QED) is 0.727. The van der Waals surface area contributed by atoms with E-state index in [0.29, 0.717) is 0 Å². The molecule has 0 aromatic rings. The van der Waals surface area contributed by atoms with Gasteiger partial charge in [0, 0.05) is 11.6 Å². The second kappa shape index (κ2) is 6.97. The summed E-state index contributed by atoms with van der Waals surface area (Å²) in [6, 6.07) is 0.190. The van der Waals surface area contributed by atoms with E-state index in [0.717, 1.165) is 43.4 Å². The molecule has 0 unspecified atom stereocenters. The van der Waals surface area contributed by atoms with Gasteiger partial charge in [0.25, 0.3) is 0 Å². The average Bonchev–Trinajstić information content (AvgIpc) is 2.51. The molecule has 5 aliphatic rings. The van der Waals surface area contributed by atoms with E-state index < -0.39 is 5.60 Å². The van der Waals surface area contributed by atoms with Gasteiger partial charge >= 0.3 is 12.0 Å². The topological polar surface area (TPSA) is 67.4 Å². The van der Waals surface area contributed by atoms with Gasteiger partial charge < -0.3 is 15.4 Å². The highest BCUT2D eigenvalue weighted by Crippen LogP contribution is 2.55. The molecular formula is C22H36N2O3. The minimum atomic E-state index is -0.427. The van der Waals surface area contributed by atoms with Crippen molar-refractivity contribution in [2.24, 2.45) is 23.7 Å². The number of carbonyl (C=O) groups excluding carboxylic acids is 2. The number of rotatable bonds is 3. The van der Waals surface area contributed by atoms with Crippen LogP contribution in [0.2, 0.25) is 0 Å². The van der Waals surface area contributed by atoms with Gasteiger partial charge in [-0.15, -0.1) is 0 Å². The lowest BCUT2D eigenvalue weighted by molar-refractivity contribution is -0.161. The van der Waals surface area contributed by atoms with E-state index in [2.05, 4.69) is 10.6 Å². The van der Waals surface area contributed by atoms with Crippen LogP contribution in [0.15, 0.2) is 0 Å². The molecule has 0 aromatic carbocycles. The van der Waals surface area contributed by atoms with Gasteiger partial charge in [0.2, 0.25) is 0 Å². The summed E-state index contributed by atoms with van der Waals surface area (Å²) < 4.78 is 5.51. The van der Waals surface area contributed by atoms with Crippen LogP contribution in [0, 0.1) is 23.7 Å². The van der Waals surface area contributed by atoms with Crippen LogP contribution in [-0.2, 0) is 9.53 Å². The normalized spacial score (nSPS) is 40.5. The molecule has 152 valence electrons. The van der Waals surface area contributed by atoms with E-state index in [-0.39, 0.29) is 29.5 Å². The predicted molar refractivity (Wildman–Crippen MR) is 104 cm³/mol. The highest BCUT2D eigenvalue weighted by molar-refractivity contribution is 5.75. The lowest BCUT2D eigenvalue weighted by atomic mass is 9.53. The monoisotopic (exact) mass is 376 g/mol. The first-order valence-corrected chi connectivity index (χ1v) is 11.0. The molecule has 5 rings (SSSR count). The zero-order chi connectivity index (χ0) is 19.2. The second-order valence-electron chi connectivity index (χ2n) is 10.9. The Morgan fingerprint density at radius 2 is 1.41 bits per heavy atom. The van der Waals surface area contributed by atoms with Gasteiger partial charge in [-0.25, -0.2) is 4.79 Å². The Kier molecular flexibility index (Phi) is 4.92. The zero-order valence-corrected chi connectivity index (χ0v) is 17.2. The van der Waals surface area contributed by atoms with Gasteiger partial charge in [-0.2, -0.15) is 0 Å². The van der Waals surface area contributed by atoms with Crippen molar-refractivity contribution in [3.8, 4) is 0 Å². The Morgan fingerprint density at radius 3 is 1.89 bits per heavy atom. The van der Waals surface area contributed by atoms with E-state index in [1.54, 1.807) is 0 Å². The maximum atomic E-state index is 12.7. The van der Waals surface area contributed by atoms with Crippen molar-refractivity contribution >= 4 is 12.0 Å². The molecule has 0 saturated heterocycles. The molecule has 5 nitrogen and oxygen atoms in total. The third kappa shape index (κ3) is 4.43. The molecule has 0 aromatic heterocycles. The molecule has 0 aliphatic heterocycles. The van der Waals surface area contributed by atoms with E-state index in [9.17, 15) is 9.59 Å². The number of esters is 1. The molecule has 5 aliphatic carbocycles. The molecule has 2 N–H and O–H groups in total. The first kappa shape index (κ1) is 19.1. The number of urea groups is 1. The Bertz CT molecular complexity index is 552. The molecule has 5 fully saturated rings. The molecular weight excluding hydrogens is 340 g/mol. The average molecular weight is 377 g/mol. The van der Waals surface area contributed by atoms with Crippen LogP contribution >= 0.6 is 0 Å². The van der Waals surface area contributed by atoms with Crippen molar-refractivity contribution in [3.05, 3.63) is 0 Å². The van der Waals surface area contributed by atoms with Crippen molar-refractivity contribution in [2.45, 2.75) is 102 Å². The third-order valence-corrected chi connectivity index (χ3v) is 7.22. The van der Waals surface area contributed by atoms with Crippen molar-refractivity contribution in [1.82, 2.24) is 10.6 Å². The molecule has 0 radical (unpaired) electrons. The summed E-state index contributed by atoms with van der Waals surface area (Å²) in [5.41, 5.74) is -0.365. The van der Waals surface area contributed by atoms with E-state index >= 15 is 0 Å². The summed E-state index contributed by atoms with van der Waals surface area (Å²) in [7, 11) is 0. The maximum Gasteiger partial charge on any atom is 0.315 e. The van der Waals surface area contributed by atoms with Crippen LogP contribution in [0.3, 0.4) is 0 Å². The standard InChI is InChI=1S/C22H36N2O3/c1-21(2,3)27-19(25)17-4-6-18(7-5-17)23-20(26)24-22-11-14-8-15(12-22)10-16(9-14)13-22/h14-18H,4-13H2,1-3H3,(H2,23,24,26). The van der Waals surface area contributed by atoms with Gasteiger partial charge in [0.1, 0.15) is 5.60 Å². The van der Waals surface area contributed by atoms with Crippen LogP contribution in [0.4, 0.5) is 4.79 Å². The maximum absolute atomic E-state index is 12.7. The lowest BCUT2D eigenvalue weighted by Crippen LogP contribution is -2.62. The van der Waals surface area contributed by atoms with Gasteiger partial charge in [-0.3, -0.25) is 4.79 Å². The Morgan fingerprint density at radius 1 is 0.889 bits per heavy atom. The molecule has 0 heterocycles. The lowest BCUT2D eigenvalue weighted by Gasteiger charge is -2.56. The van der Waals surface area contributed by atoms with Crippen LogP contribution in [0.25, 0.3) is 0 Å². The third-order valence-electron chi connectivity index (χ3n) is 7.22. The Labute approximate surface area is 163 Å². The number of ether oxygens (including phenoxy) is 1. The van der Waals surface area contributed by atoms with Crippen molar-refractivity contribution < 1.29 is 14.3 Å². The van der Waals surface area contributed by atoms with Crippen LogP contribution in [0.1, 0.15) is 85.0 Å². The summed E-state index contributed by atoms with van der Waals surface area (Å²) in [6.45, 7) is 5.73. The predicted octanol–water partition coefficient (Wildman–Crippen LogP) is 4.15. The summed E-state index contributed by atoms with van der Waals surface area (Å²) in [5.74, 6) is 2.40. The summed E-state index contributed by atoms with van der Waals surface area (Å²) in [4.78, 5) is 24.9. The SMILES string of the molecule is CC(C)(C)OC(=O)C1CCC(NC(=O)NC23CC4CC(CC(C4)C2)C3)CC1. The molecule has 0 spiro atoms. The van der Waals surface area contributed by atoms with Crippen molar-refractivity contribution in [1.29, 1.82) is 0 Å². The molecule has 4 bridgehead atoms. The largest absolute Gasteiger partial charge is 0.460 e. The minimum absolute atomic E-state index is 0.0117. The molecule has 5 heteroatoms. The fourth-order valence-electron chi connectivity index (χ4n) is 6.58. The van der Waals surface area contributed by atoms with E-state index in [4.69, 9.17) is 4.74 Å². The number of hydrogen-bond acceptors (Lipinski definition) is 3. The Balaban J connectivity index is 1.24. The Hall–Kier alpha value is -1.26. The fraction of sp³-hybridized carbons (Fsp3) is 0.909. The number of hydrogen-bond donors (Lipinski definition) is 2. The van der Waals surface area contributed by atoms with Crippen LogP contribution in [-0.4, -0.2) is 29.2 Å². The van der Waals surface area contributed by atoms with Gasteiger partial charge in [0.15, 0.2) is 0 Å². The van der Waals surface area contributed by atoms with Crippen LogP contribution < -0.4 is 10.6 Å². The van der Waals surface area contributed by atoms with E-state index in [1.807, 2.05) is 20.8 Å². The second-order valence-corrected chi connectivity index (χ2v) is 10.9. The molecule has 27 heavy (non-hydrogen) atoms. The first-order chi connectivity index (χ1) is 12.7. The summed E-state index contributed by atoms with van der Waals surface area (Å²) in [6.07, 6.45) is 11.0. The minimum Gasteiger partial charge on any atom is -0.460 e. The number of nitrogens with one attached hydrogen (secondary N) is 2. The first-order valence-electron chi connectivity index (χ1n) is 11.0. The highest BCUT2D eigenvalue weighted by Gasteiger charge is 2.51. The number of amides is 2. The molecule has 5 saturated carbocycles.